The summed E-state index contributed by atoms with van der Waals surface area (Å²) in [6.45, 7) is 5.97. The van der Waals surface area contributed by atoms with Crippen molar-refractivity contribution >= 4 is 45.3 Å². The van der Waals surface area contributed by atoms with Crippen molar-refractivity contribution in [2.75, 3.05) is 12.4 Å². The Morgan fingerprint density at radius 1 is 1.26 bits per heavy atom. The van der Waals surface area contributed by atoms with Gasteiger partial charge in [-0.05, 0) is 32.9 Å². The summed E-state index contributed by atoms with van der Waals surface area (Å²) in [6.07, 6.45) is 0. The van der Waals surface area contributed by atoms with Crippen LogP contribution in [0.25, 0.3) is 0 Å². The van der Waals surface area contributed by atoms with E-state index in [1.807, 2.05) is 0 Å². The quantitative estimate of drug-likeness (QED) is 0.243. The number of carbonyl (C=O) groups is 3. The van der Waals surface area contributed by atoms with Crippen molar-refractivity contribution in [3.05, 3.63) is 45.6 Å². The SMILES string of the molecule is CC(=O)OCC1=C(C(=O)OC(C)(C)C)N2C(=O)[C@@H](NS(=O)(=O)c3ccc([N+](=O)[O-])cc3)[C@H]2SC1. The van der Waals surface area contributed by atoms with Gasteiger partial charge in [0.2, 0.25) is 15.9 Å². The molecule has 0 spiro atoms. The Labute approximate surface area is 199 Å². The number of thioether (sulfide) groups is 1. The van der Waals surface area contributed by atoms with Crippen molar-refractivity contribution in [3.8, 4) is 0 Å². The number of carbonyl (C=O) groups excluding carboxylic acids is 3. The molecule has 12 nitrogen and oxygen atoms in total. The largest absolute Gasteiger partial charge is 0.461 e. The first-order valence-corrected chi connectivity index (χ1v) is 12.5. The van der Waals surface area contributed by atoms with Gasteiger partial charge in [0, 0.05) is 30.4 Å². The molecule has 184 valence electrons. The Bertz CT molecular complexity index is 1170. The molecule has 1 aromatic rings. The molecule has 3 rings (SSSR count). The van der Waals surface area contributed by atoms with E-state index in [9.17, 15) is 32.9 Å². The molecule has 1 aromatic carbocycles. The molecule has 2 aliphatic heterocycles. The molecule has 1 N–H and O–H groups in total. The Balaban J connectivity index is 1.85. The minimum atomic E-state index is -4.18. The fourth-order valence-corrected chi connectivity index (χ4v) is 5.86. The first-order valence-electron chi connectivity index (χ1n) is 10.0. The standard InChI is InChI=1S/C20H23N3O9S2/c1-11(24)31-9-12-10-33-18-15(17(25)22(18)16(12)19(26)32-20(2,3)4)21-34(29,30)14-7-5-13(6-8-14)23(27)28/h5-8,15,18,21H,9-10H2,1-4H3/t15-,18-/m1/s1. The summed E-state index contributed by atoms with van der Waals surface area (Å²) in [5.74, 6) is -1.83. The monoisotopic (exact) mass is 513 g/mol. The zero-order valence-electron chi connectivity index (χ0n) is 18.8. The van der Waals surface area contributed by atoms with Crippen LogP contribution in [0.3, 0.4) is 0 Å². The van der Waals surface area contributed by atoms with Crippen LogP contribution in [0.4, 0.5) is 5.69 Å². The molecule has 1 amide bonds. The van der Waals surface area contributed by atoms with Crippen molar-refractivity contribution in [1.82, 2.24) is 9.62 Å². The number of β-lactam (4-membered cyclic amide) rings is 1. The number of amides is 1. The van der Waals surface area contributed by atoms with Crippen LogP contribution >= 0.6 is 11.8 Å². The zero-order valence-corrected chi connectivity index (χ0v) is 20.4. The van der Waals surface area contributed by atoms with Crippen LogP contribution in [0.2, 0.25) is 0 Å². The lowest BCUT2D eigenvalue weighted by molar-refractivity contribution is -0.384. The summed E-state index contributed by atoms with van der Waals surface area (Å²) in [6, 6.07) is 3.06. The summed E-state index contributed by atoms with van der Waals surface area (Å²) in [7, 11) is -4.18. The Morgan fingerprint density at radius 3 is 2.41 bits per heavy atom. The van der Waals surface area contributed by atoms with Crippen LogP contribution in [0, 0.1) is 10.1 Å². The van der Waals surface area contributed by atoms with E-state index in [1.54, 1.807) is 20.8 Å². The predicted octanol–water partition coefficient (Wildman–Crippen LogP) is 1.32. The number of nitro benzene ring substituents is 1. The highest BCUT2D eigenvalue weighted by atomic mass is 32.2. The lowest BCUT2D eigenvalue weighted by Crippen LogP contribution is -2.70. The molecule has 2 aliphatic rings. The maximum Gasteiger partial charge on any atom is 0.355 e. The summed E-state index contributed by atoms with van der Waals surface area (Å²) in [5.41, 5.74) is -0.840. The lowest BCUT2D eigenvalue weighted by atomic mass is 10.0. The smallest absolute Gasteiger partial charge is 0.355 e. The Morgan fingerprint density at radius 2 is 1.88 bits per heavy atom. The minimum absolute atomic E-state index is 0.0734. The second-order valence-corrected chi connectivity index (χ2v) is 11.3. The third-order valence-corrected chi connectivity index (χ3v) is 7.53. The normalized spacial score (nSPS) is 20.4. The lowest BCUT2D eigenvalue weighted by Gasteiger charge is -2.49. The van der Waals surface area contributed by atoms with E-state index in [1.165, 1.54) is 18.7 Å². The van der Waals surface area contributed by atoms with Crippen LogP contribution in [0.1, 0.15) is 27.7 Å². The van der Waals surface area contributed by atoms with Gasteiger partial charge in [-0.25, -0.2) is 13.2 Å². The van der Waals surface area contributed by atoms with Crippen LogP contribution in [-0.4, -0.2) is 65.5 Å². The van der Waals surface area contributed by atoms with E-state index in [0.29, 0.717) is 5.57 Å². The molecule has 34 heavy (non-hydrogen) atoms. The van der Waals surface area contributed by atoms with E-state index in [-0.39, 0.29) is 28.6 Å². The van der Waals surface area contributed by atoms with Crippen molar-refractivity contribution < 1.29 is 37.2 Å². The molecule has 2 atom stereocenters. The number of hydrogen-bond acceptors (Lipinski definition) is 10. The number of nitrogens with zero attached hydrogens (tertiary/aromatic N) is 2. The third kappa shape index (κ3) is 5.39. The molecule has 2 heterocycles. The molecular formula is C20H23N3O9S2. The molecule has 0 aromatic heterocycles. The second-order valence-electron chi connectivity index (χ2n) is 8.49. The molecule has 0 aliphatic carbocycles. The predicted molar refractivity (Wildman–Crippen MR) is 120 cm³/mol. The van der Waals surface area contributed by atoms with Crippen molar-refractivity contribution in [2.24, 2.45) is 0 Å². The molecule has 0 radical (unpaired) electrons. The highest BCUT2D eigenvalue weighted by Crippen LogP contribution is 2.41. The molecule has 1 saturated heterocycles. The van der Waals surface area contributed by atoms with Gasteiger partial charge in [-0.3, -0.25) is 24.6 Å². The third-order valence-electron chi connectivity index (χ3n) is 4.73. The van der Waals surface area contributed by atoms with E-state index >= 15 is 0 Å². The number of nitro groups is 1. The van der Waals surface area contributed by atoms with Crippen molar-refractivity contribution in [1.29, 1.82) is 0 Å². The number of fused-ring (bicyclic) bond motifs is 1. The van der Waals surface area contributed by atoms with Gasteiger partial charge in [0.25, 0.3) is 5.69 Å². The van der Waals surface area contributed by atoms with E-state index in [4.69, 9.17) is 9.47 Å². The summed E-state index contributed by atoms with van der Waals surface area (Å²) >= 11 is 1.20. The number of esters is 2. The second kappa shape index (κ2) is 9.35. The van der Waals surface area contributed by atoms with Gasteiger partial charge in [0.1, 0.15) is 29.3 Å². The number of sulfonamides is 1. The minimum Gasteiger partial charge on any atom is -0.461 e. The Kier molecular flexibility index (Phi) is 7.05. The number of benzene rings is 1. The van der Waals surface area contributed by atoms with Crippen molar-refractivity contribution in [3.63, 3.8) is 0 Å². The summed E-state index contributed by atoms with van der Waals surface area (Å²) in [5, 5.41) is 10.1. The van der Waals surface area contributed by atoms with Gasteiger partial charge in [-0.2, -0.15) is 4.72 Å². The van der Waals surface area contributed by atoms with Crippen LogP contribution < -0.4 is 4.72 Å². The maximum atomic E-state index is 13.0. The molecule has 0 unspecified atom stereocenters. The van der Waals surface area contributed by atoms with E-state index < -0.39 is 49.8 Å². The molecule has 0 bridgehead atoms. The summed E-state index contributed by atoms with van der Waals surface area (Å²) < 4.78 is 38.3. The number of nitrogens with one attached hydrogen (secondary N) is 1. The van der Waals surface area contributed by atoms with Gasteiger partial charge in [-0.1, -0.05) is 0 Å². The highest BCUT2D eigenvalue weighted by molar-refractivity contribution is 8.00. The average molecular weight is 514 g/mol. The summed E-state index contributed by atoms with van der Waals surface area (Å²) in [4.78, 5) is 48.1. The van der Waals surface area contributed by atoms with E-state index in [0.717, 1.165) is 29.2 Å². The fourth-order valence-electron chi connectivity index (χ4n) is 3.26. The fraction of sp³-hybridized carbons (Fsp3) is 0.450. The molecule has 14 heteroatoms. The van der Waals surface area contributed by atoms with Gasteiger partial charge in [0.15, 0.2) is 0 Å². The molecular weight excluding hydrogens is 490 g/mol. The number of ether oxygens (including phenoxy) is 2. The highest BCUT2D eigenvalue weighted by Gasteiger charge is 2.55. The van der Waals surface area contributed by atoms with Gasteiger partial charge in [-0.15, -0.1) is 11.8 Å². The number of hydrogen-bond donors (Lipinski definition) is 1. The van der Waals surface area contributed by atoms with Crippen LogP contribution in [0.5, 0.6) is 0 Å². The first kappa shape index (κ1) is 25.6. The molecule has 1 fully saturated rings. The maximum absolute atomic E-state index is 13.0. The van der Waals surface area contributed by atoms with E-state index in [2.05, 4.69) is 4.72 Å². The number of rotatable bonds is 7. The average Bonchev–Trinajstić information content (AvgIpc) is 2.74. The topological polar surface area (TPSA) is 162 Å². The van der Waals surface area contributed by atoms with Gasteiger partial charge in [0.05, 0.1) is 9.82 Å². The molecule has 0 saturated carbocycles. The van der Waals surface area contributed by atoms with Crippen molar-refractivity contribution in [2.45, 2.75) is 49.6 Å². The first-order chi connectivity index (χ1) is 15.7. The van der Waals surface area contributed by atoms with Gasteiger partial charge < -0.3 is 9.47 Å². The van der Waals surface area contributed by atoms with Gasteiger partial charge >= 0.3 is 11.9 Å². The Hall–Kier alpha value is -2.97. The van der Waals surface area contributed by atoms with Crippen LogP contribution in [0.15, 0.2) is 40.4 Å². The number of non-ortho nitro benzene ring substituents is 1. The van der Waals surface area contributed by atoms with Crippen LogP contribution in [-0.2, 0) is 33.9 Å². The zero-order chi connectivity index (χ0) is 25.4.